The second-order valence-corrected chi connectivity index (χ2v) is 6.39. The molecule has 0 saturated heterocycles. The molecule has 6 N–H and O–H groups in total. The van der Waals surface area contributed by atoms with E-state index < -0.39 is 35.9 Å². The van der Waals surface area contributed by atoms with Gasteiger partial charge in [0.1, 0.15) is 18.3 Å². The Morgan fingerprint density at radius 1 is 1.28 bits per heavy atom. The summed E-state index contributed by atoms with van der Waals surface area (Å²) >= 11 is 5.92. The van der Waals surface area contributed by atoms with Gasteiger partial charge in [-0.25, -0.2) is 5.43 Å². The fourth-order valence-corrected chi connectivity index (χ4v) is 2.69. The number of carboxylic acid groups (broad SMARTS) is 1. The number of hydrogen-bond donors (Lipinski definition) is 5. The lowest BCUT2D eigenvalue weighted by Gasteiger charge is -2.18. The molecule has 154 valence electrons. The molecule has 0 radical (unpaired) electrons. The van der Waals surface area contributed by atoms with Gasteiger partial charge in [-0.05, 0) is 36.8 Å². The molecule has 0 aliphatic carbocycles. The minimum Gasteiger partial charge on any atom is -0.480 e. The number of nitrogens with two attached hydrogens (primary N) is 1. The van der Waals surface area contributed by atoms with Gasteiger partial charge in [0.2, 0.25) is 0 Å². The van der Waals surface area contributed by atoms with Crippen molar-refractivity contribution in [1.29, 1.82) is 0 Å². The average Bonchev–Trinajstić information content (AvgIpc) is 2.67. The van der Waals surface area contributed by atoms with Crippen LogP contribution in [0.15, 0.2) is 41.3 Å². The summed E-state index contributed by atoms with van der Waals surface area (Å²) in [5.41, 5.74) is 10.0. The predicted octanol–water partition coefficient (Wildman–Crippen LogP) is 0.993. The fraction of sp³-hybridized carbons (Fsp3) is 0.222. The predicted molar refractivity (Wildman–Crippen MR) is 108 cm³/mol. The van der Waals surface area contributed by atoms with Crippen LogP contribution in [0.25, 0.3) is 0 Å². The maximum absolute atomic E-state index is 12.8. The maximum atomic E-state index is 12.8. The van der Waals surface area contributed by atoms with E-state index in [1.54, 1.807) is 6.92 Å². The number of nitrogens with one attached hydrogen (secondary N) is 3. The first kappa shape index (κ1) is 21.9. The molecule has 0 fully saturated rings. The summed E-state index contributed by atoms with van der Waals surface area (Å²) < 4.78 is 1.16. The number of amides is 2. The molecule has 0 saturated carbocycles. The minimum absolute atomic E-state index is 0.0322. The van der Waals surface area contributed by atoms with Gasteiger partial charge in [0.25, 0.3) is 17.4 Å². The molecule has 0 bridgehead atoms. The normalized spacial score (nSPS) is 11.5. The van der Waals surface area contributed by atoms with E-state index in [0.717, 1.165) is 4.57 Å². The molecule has 29 heavy (non-hydrogen) atoms. The molecule has 11 heteroatoms. The van der Waals surface area contributed by atoms with Crippen molar-refractivity contribution in [1.82, 2.24) is 15.4 Å². The molecule has 2 rings (SSSR count). The Bertz CT molecular complexity index is 991. The second-order valence-electron chi connectivity index (χ2n) is 5.99. The molecule has 1 unspecified atom stereocenters. The Hall–Kier alpha value is -3.37. The van der Waals surface area contributed by atoms with Crippen molar-refractivity contribution >= 4 is 40.8 Å². The Morgan fingerprint density at radius 2 is 2.00 bits per heavy atom. The molecule has 1 heterocycles. The lowest BCUT2D eigenvalue weighted by Crippen LogP contribution is -2.45. The van der Waals surface area contributed by atoms with Gasteiger partial charge in [-0.3, -0.25) is 24.6 Å². The van der Waals surface area contributed by atoms with E-state index in [-0.39, 0.29) is 22.7 Å². The zero-order valence-corrected chi connectivity index (χ0v) is 16.2. The summed E-state index contributed by atoms with van der Waals surface area (Å²) in [6.07, 6.45) is 1.66. The molecule has 2 amide bonds. The molecular weight excluding hydrogens is 402 g/mol. The van der Waals surface area contributed by atoms with E-state index in [1.165, 1.54) is 36.5 Å². The van der Waals surface area contributed by atoms with Crippen LogP contribution >= 0.6 is 11.6 Å². The number of hydrogen-bond acceptors (Lipinski definition) is 6. The lowest BCUT2D eigenvalue weighted by atomic mass is 10.2. The third-order valence-electron chi connectivity index (χ3n) is 3.96. The van der Waals surface area contributed by atoms with Gasteiger partial charge >= 0.3 is 5.97 Å². The van der Waals surface area contributed by atoms with Crippen LogP contribution in [0.4, 0.5) is 11.4 Å². The van der Waals surface area contributed by atoms with Crippen molar-refractivity contribution < 1.29 is 19.5 Å². The Morgan fingerprint density at radius 3 is 2.62 bits per heavy atom. The van der Waals surface area contributed by atoms with Crippen molar-refractivity contribution in [3.05, 3.63) is 57.5 Å². The highest BCUT2D eigenvalue weighted by atomic mass is 35.5. The van der Waals surface area contributed by atoms with Crippen molar-refractivity contribution in [2.45, 2.75) is 19.4 Å². The summed E-state index contributed by atoms with van der Waals surface area (Å²) in [5, 5.41) is 11.3. The Balaban J connectivity index is 2.21. The van der Waals surface area contributed by atoms with E-state index in [9.17, 15) is 19.2 Å². The number of benzene rings is 1. The third-order valence-corrected chi connectivity index (χ3v) is 4.29. The van der Waals surface area contributed by atoms with Gasteiger partial charge in [-0.15, -0.1) is 0 Å². The number of aliphatic carboxylic acids is 1. The smallest absolute Gasteiger partial charge is 0.319 e. The molecule has 10 nitrogen and oxygen atoms in total. The summed E-state index contributed by atoms with van der Waals surface area (Å²) in [6, 6.07) is 6.32. The van der Waals surface area contributed by atoms with Crippen LogP contribution < -0.4 is 27.5 Å². The van der Waals surface area contributed by atoms with Gasteiger partial charge in [-0.1, -0.05) is 18.5 Å². The van der Waals surface area contributed by atoms with Gasteiger partial charge in [-0.2, -0.15) is 0 Å². The van der Waals surface area contributed by atoms with Gasteiger partial charge < -0.3 is 20.7 Å². The van der Waals surface area contributed by atoms with E-state index >= 15 is 0 Å². The summed E-state index contributed by atoms with van der Waals surface area (Å²) in [7, 11) is 0. The number of anilines is 2. The van der Waals surface area contributed by atoms with Crippen molar-refractivity contribution in [3.63, 3.8) is 0 Å². The number of pyridine rings is 1. The molecule has 1 atom stereocenters. The number of nitrogens with zero attached hydrogens (tertiary/aromatic N) is 1. The monoisotopic (exact) mass is 421 g/mol. The van der Waals surface area contributed by atoms with E-state index in [0.29, 0.717) is 5.69 Å². The second kappa shape index (κ2) is 9.71. The van der Waals surface area contributed by atoms with Crippen molar-refractivity contribution in [2.75, 3.05) is 17.6 Å². The summed E-state index contributed by atoms with van der Waals surface area (Å²) in [6.45, 7) is 1.22. The highest BCUT2D eigenvalue weighted by Gasteiger charge is 2.21. The zero-order valence-electron chi connectivity index (χ0n) is 15.4. The summed E-state index contributed by atoms with van der Waals surface area (Å²) in [4.78, 5) is 48.0. The van der Waals surface area contributed by atoms with E-state index in [4.69, 9.17) is 22.4 Å². The van der Waals surface area contributed by atoms with E-state index in [1.807, 2.05) is 0 Å². The van der Waals surface area contributed by atoms with Crippen molar-refractivity contribution in [2.24, 2.45) is 0 Å². The van der Waals surface area contributed by atoms with Crippen molar-refractivity contribution in [3.8, 4) is 0 Å². The molecule has 1 aromatic heterocycles. The number of nitrogen functional groups attached to an aromatic ring is 1. The minimum atomic E-state index is -1.15. The van der Waals surface area contributed by atoms with Gasteiger partial charge in [0.05, 0.1) is 10.7 Å². The van der Waals surface area contributed by atoms with Crippen LogP contribution in [0.2, 0.25) is 5.02 Å². The SMILES string of the molecule is CCC(C(=O)NNCC(=O)O)n1cccc(NC(=O)c2ccc(N)c(Cl)c2)c1=O. The molecule has 0 aliphatic heterocycles. The van der Waals surface area contributed by atoms with Crippen LogP contribution in [-0.4, -0.2) is 34.0 Å². The average molecular weight is 422 g/mol. The number of hydrazine groups is 1. The standard InChI is InChI=1S/C18H20ClN5O5/c1-2-14(17(28)23-21-9-15(25)26)24-7-3-4-13(18(24)29)22-16(27)10-5-6-12(20)11(19)8-10/h3-8,14,21H,2,9,20H2,1H3,(H,22,27)(H,23,28)(H,25,26). The molecule has 0 spiro atoms. The van der Waals surface area contributed by atoms with E-state index in [2.05, 4.69) is 16.2 Å². The summed E-state index contributed by atoms with van der Waals surface area (Å²) in [5.74, 6) is -2.31. The van der Waals surface area contributed by atoms with Crippen LogP contribution in [0, 0.1) is 0 Å². The first-order valence-corrected chi connectivity index (χ1v) is 8.94. The number of rotatable bonds is 8. The fourth-order valence-electron chi connectivity index (χ4n) is 2.51. The molecule has 2 aromatic rings. The highest BCUT2D eigenvalue weighted by Crippen LogP contribution is 2.20. The molecular formula is C18H20ClN5O5. The number of carbonyl (C=O) groups excluding carboxylic acids is 2. The largest absolute Gasteiger partial charge is 0.480 e. The number of carboxylic acids is 1. The molecule has 0 aliphatic rings. The number of carbonyl (C=O) groups is 3. The topological polar surface area (TPSA) is 156 Å². The lowest BCUT2D eigenvalue weighted by molar-refractivity contribution is -0.136. The Kier molecular flexibility index (Phi) is 7.34. The van der Waals surface area contributed by atoms with Crippen LogP contribution in [0.3, 0.4) is 0 Å². The quantitative estimate of drug-likeness (QED) is 0.314. The van der Waals surface area contributed by atoms with Crippen LogP contribution in [0.1, 0.15) is 29.7 Å². The Labute approximate surface area is 170 Å². The van der Waals surface area contributed by atoms with Gasteiger partial charge in [0.15, 0.2) is 0 Å². The third kappa shape index (κ3) is 5.56. The van der Waals surface area contributed by atoms with Gasteiger partial charge in [0, 0.05) is 11.8 Å². The number of halogens is 1. The first-order chi connectivity index (χ1) is 13.7. The van der Waals surface area contributed by atoms with Crippen LogP contribution in [0.5, 0.6) is 0 Å². The molecule has 1 aromatic carbocycles. The highest BCUT2D eigenvalue weighted by molar-refractivity contribution is 6.33. The van der Waals surface area contributed by atoms with Crippen LogP contribution in [-0.2, 0) is 9.59 Å². The zero-order chi connectivity index (χ0) is 21.6. The maximum Gasteiger partial charge on any atom is 0.319 e. The first-order valence-electron chi connectivity index (χ1n) is 8.56. The number of aromatic nitrogens is 1.